The first-order valence-corrected chi connectivity index (χ1v) is 8.68. The van der Waals surface area contributed by atoms with Crippen LogP contribution in [-0.4, -0.2) is 44.5 Å². The summed E-state index contributed by atoms with van der Waals surface area (Å²) in [5.74, 6) is 0.201. The summed E-state index contributed by atoms with van der Waals surface area (Å²) in [7, 11) is 1.52. The second-order valence-electron chi connectivity index (χ2n) is 5.81. The largest absolute Gasteiger partial charge is 0.493 e. The number of hydrogen-bond acceptors (Lipinski definition) is 5. The van der Waals surface area contributed by atoms with E-state index in [0.29, 0.717) is 22.7 Å². The Morgan fingerprint density at radius 3 is 2.36 bits per heavy atom. The van der Waals surface area contributed by atoms with Gasteiger partial charge in [-0.2, -0.15) is 0 Å². The van der Waals surface area contributed by atoms with Gasteiger partial charge in [0.15, 0.2) is 18.1 Å². The zero-order chi connectivity index (χ0) is 20.4. The first-order chi connectivity index (χ1) is 13.5. The van der Waals surface area contributed by atoms with E-state index in [9.17, 15) is 14.4 Å². The molecule has 0 saturated heterocycles. The molecule has 0 aromatic heterocycles. The molecule has 28 heavy (non-hydrogen) atoms. The van der Waals surface area contributed by atoms with Gasteiger partial charge in [0.25, 0.3) is 11.8 Å². The lowest BCUT2D eigenvalue weighted by molar-refractivity contribution is -0.123. The van der Waals surface area contributed by atoms with Crippen LogP contribution in [0.15, 0.2) is 48.5 Å². The Morgan fingerprint density at radius 2 is 1.64 bits per heavy atom. The van der Waals surface area contributed by atoms with E-state index in [0.717, 1.165) is 0 Å². The maximum Gasteiger partial charge on any atom is 0.258 e. The number of para-hydroxylation sites is 2. The second kappa shape index (κ2) is 10.6. The van der Waals surface area contributed by atoms with Crippen LogP contribution in [0.25, 0.3) is 0 Å². The van der Waals surface area contributed by atoms with Crippen molar-refractivity contribution in [2.24, 2.45) is 0 Å². The van der Waals surface area contributed by atoms with Gasteiger partial charge in [-0.05, 0) is 30.3 Å². The van der Waals surface area contributed by atoms with Crippen molar-refractivity contribution in [1.29, 1.82) is 0 Å². The van der Waals surface area contributed by atoms with E-state index >= 15 is 0 Å². The predicted molar refractivity (Wildman–Crippen MR) is 105 cm³/mol. The molecule has 2 aromatic rings. The summed E-state index contributed by atoms with van der Waals surface area (Å²) >= 11 is 0. The molecule has 0 unspecified atom stereocenters. The number of carbonyl (C=O) groups is 3. The smallest absolute Gasteiger partial charge is 0.258 e. The molecule has 8 nitrogen and oxygen atoms in total. The summed E-state index contributed by atoms with van der Waals surface area (Å²) in [6.07, 6.45) is 0. The molecular weight excluding hydrogens is 362 g/mol. The Bertz CT molecular complexity index is 838. The second-order valence-corrected chi connectivity index (χ2v) is 5.81. The van der Waals surface area contributed by atoms with Crippen LogP contribution in [0.1, 0.15) is 17.3 Å². The molecule has 0 aliphatic carbocycles. The van der Waals surface area contributed by atoms with Crippen LogP contribution in [0.5, 0.6) is 11.5 Å². The number of rotatable bonds is 9. The average molecular weight is 385 g/mol. The van der Waals surface area contributed by atoms with Crippen LogP contribution in [-0.2, 0) is 9.59 Å². The van der Waals surface area contributed by atoms with Gasteiger partial charge in [-0.25, -0.2) is 0 Å². The number of ether oxygens (including phenoxy) is 2. The number of amides is 3. The summed E-state index contributed by atoms with van der Waals surface area (Å²) in [4.78, 5) is 35.1. The van der Waals surface area contributed by atoms with Gasteiger partial charge in [-0.3, -0.25) is 14.4 Å². The van der Waals surface area contributed by atoms with E-state index in [-0.39, 0.29) is 37.4 Å². The van der Waals surface area contributed by atoms with E-state index in [2.05, 4.69) is 16.0 Å². The summed E-state index contributed by atoms with van der Waals surface area (Å²) < 4.78 is 10.6. The molecule has 2 aromatic carbocycles. The molecule has 0 aliphatic rings. The number of nitrogens with one attached hydrogen (secondary N) is 3. The Hall–Kier alpha value is -3.55. The number of carbonyl (C=O) groups excluding carboxylic acids is 3. The van der Waals surface area contributed by atoms with Crippen LogP contribution < -0.4 is 25.4 Å². The molecule has 8 heteroatoms. The normalized spacial score (nSPS) is 9.93. The molecule has 0 heterocycles. The van der Waals surface area contributed by atoms with E-state index in [1.165, 1.54) is 14.0 Å². The Labute approximate surface area is 163 Å². The number of methoxy groups -OCH3 is 1. The molecule has 0 spiro atoms. The molecule has 0 aliphatic heterocycles. The van der Waals surface area contributed by atoms with E-state index in [1.54, 1.807) is 48.5 Å². The number of hydrogen-bond donors (Lipinski definition) is 3. The van der Waals surface area contributed by atoms with Crippen molar-refractivity contribution in [3.8, 4) is 11.5 Å². The lowest BCUT2D eigenvalue weighted by Gasteiger charge is -2.11. The standard InChI is InChI=1S/C20H23N3O5/c1-14(24)23-16-7-5-6-15(12-16)20(26)22-11-10-21-19(25)13-28-18-9-4-3-8-17(18)27-2/h3-9,12H,10-11,13H2,1-2H3,(H,21,25)(H,22,26)(H,23,24). The maximum absolute atomic E-state index is 12.1. The minimum absolute atomic E-state index is 0.160. The molecule has 0 atom stereocenters. The summed E-state index contributed by atoms with van der Waals surface area (Å²) in [6, 6.07) is 13.6. The third kappa shape index (κ3) is 6.64. The fourth-order valence-electron chi connectivity index (χ4n) is 2.35. The SMILES string of the molecule is COc1ccccc1OCC(=O)NCCNC(=O)c1cccc(NC(C)=O)c1. The topological polar surface area (TPSA) is 106 Å². The van der Waals surface area contributed by atoms with E-state index in [1.807, 2.05) is 0 Å². The average Bonchev–Trinajstić information content (AvgIpc) is 2.69. The van der Waals surface area contributed by atoms with Gasteiger partial charge < -0.3 is 25.4 Å². The van der Waals surface area contributed by atoms with Crippen molar-refractivity contribution in [3.05, 3.63) is 54.1 Å². The molecule has 0 fully saturated rings. The van der Waals surface area contributed by atoms with Gasteiger partial charge in [0.2, 0.25) is 5.91 Å². The number of anilines is 1. The molecule has 3 N–H and O–H groups in total. The van der Waals surface area contributed by atoms with Gasteiger partial charge in [-0.1, -0.05) is 18.2 Å². The van der Waals surface area contributed by atoms with Gasteiger partial charge >= 0.3 is 0 Å². The van der Waals surface area contributed by atoms with Gasteiger partial charge in [0.05, 0.1) is 7.11 Å². The molecule has 0 radical (unpaired) electrons. The van der Waals surface area contributed by atoms with Crippen LogP contribution in [0.2, 0.25) is 0 Å². The van der Waals surface area contributed by atoms with Gasteiger partial charge in [0, 0.05) is 31.3 Å². The zero-order valence-electron chi connectivity index (χ0n) is 15.8. The van der Waals surface area contributed by atoms with Gasteiger partial charge in [0.1, 0.15) is 0 Å². The Morgan fingerprint density at radius 1 is 0.929 bits per heavy atom. The fourth-order valence-corrected chi connectivity index (χ4v) is 2.35. The highest BCUT2D eigenvalue weighted by atomic mass is 16.5. The molecule has 148 valence electrons. The third-order valence-electron chi connectivity index (χ3n) is 3.61. The Balaban J connectivity index is 1.71. The minimum Gasteiger partial charge on any atom is -0.493 e. The van der Waals surface area contributed by atoms with Crippen molar-refractivity contribution in [2.45, 2.75) is 6.92 Å². The molecule has 2 rings (SSSR count). The maximum atomic E-state index is 12.1. The highest BCUT2D eigenvalue weighted by Crippen LogP contribution is 2.25. The monoisotopic (exact) mass is 385 g/mol. The van der Waals surface area contributed by atoms with E-state index < -0.39 is 0 Å². The third-order valence-corrected chi connectivity index (χ3v) is 3.61. The van der Waals surface area contributed by atoms with Crippen molar-refractivity contribution in [2.75, 3.05) is 32.1 Å². The molecule has 3 amide bonds. The van der Waals surface area contributed by atoms with Crippen LogP contribution in [0.3, 0.4) is 0 Å². The van der Waals surface area contributed by atoms with Crippen molar-refractivity contribution in [1.82, 2.24) is 10.6 Å². The fraction of sp³-hybridized carbons (Fsp3) is 0.250. The van der Waals surface area contributed by atoms with E-state index in [4.69, 9.17) is 9.47 Å². The quantitative estimate of drug-likeness (QED) is 0.569. The first-order valence-electron chi connectivity index (χ1n) is 8.68. The van der Waals surface area contributed by atoms with Crippen LogP contribution in [0.4, 0.5) is 5.69 Å². The summed E-state index contributed by atoms with van der Waals surface area (Å²) in [5.41, 5.74) is 0.957. The van der Waals surface area contributed by atoms with Crippen molar-refractivity contribution >= 4 is 23.4 Å². The highest BCUT2D eigenvalue weighted by molar-refractivity contribution is 5.96. The highest BCUT2D eigenvalue weighted by Gasteiger charge is 2.08. The molecular formula is C20H23N3O5. The number of benzene rings is 2. The molecule has 0 saturated carbocycles. The predicted octanol–water partition coefficient (Wildman–Crippen LogP) is 1.58. The van der Waals surface area contributed by atoms with Crippen molar-refractivity contribution < 1.29 is 23.9 Å². The van der Waals surface area contributed by atoms with Crippen molar-refractivity contribution in [3.63, 3.8) is 0 Å². The Kier molecular flexibility index (Phi) is 7.83. The lowest BCUT2D eigenvalue weighted by Crippen LogP contribution is -2.36. The summed E-state index contributed by atoms with van der Waals surface area (Å²) in [6.45, 7) is 1.74. The zero-order valence-corrected chi connectivity index (χ0v) is 15.8. The summed E-state index contributed by atoms with van der Waals surface area (Å²) in [5, 5.41) is 7.98. The first kappa shape index (κ1) is 20.8. The minimum atomic E-state index is -0.312. The van der Waals surface area contributed by atoms with Crippen LogP contribution in [0, 0.1) is 0 Å². The molecule has 0 bridgehead atoms. The lowest BCUT2D eigenvalue weighted by atomic mass is 10.2. The van der Waals surface area contributed by atoms with Crippen LogP contribution >= 0.6 is 0 Å². The van der Waals surface area contributed by atoms with Gasteiger partial charge in [-0.15, -0.1) is 0 Å².